The summed E-state index contributed by atoms with van der Waals surface area (Å²) < 4.78 is 32.7. The second-order valence-electron chi connectivity index (χ2n) is 8.10. The van der Waals surface area contributed by atoms with E-state index < -0.39 is 22.5 Å². The van der Waals surface area contributed by atoms with Gasteiger partial charge >= 0.3 is 6.03 Å². The van der Waals surface area contributed by atoms with Crippen LogP contribution in [0.15, 0.2) is 60.7 Å². The molecule has 5 rings (SSSR count). The van der Waals surface area contributed by atoms with Gasteiger partial charge in [-0.15, -0.1) is 11.8 Å². The molecule has 1 N–H and O–H groups in total. The summed E-state index contributed by atoms with van der Waals surface area (Å²) in [5.74, 6) is -1.21. The van der Waals surface area contributed by atoms with Gasteiger partial charge in [-0.05, 0) is 60.2 Å². The van der Waals surface area contributed by atoms with Crippen LogP contribution < -0.4 is 15.0 Å². The average molecular weight is 516 g/mol. The van der Waals surface area contributed by atoms with Crippen molar-refractivity contribution in [1.82, 2.24) is 4.90 Å². The maximum atomic E-state index is 14.0. The molecular formula is C25H20ClF2N3O3S. The highest BCUT2D eigenvalue weighted by atomic mass is 35.5. The molecule has 0 aromatic heterocycles. The minimum absolute atomic E-state index is 0.0182. The van der Waals surface area contributed by atoms with Crippen LogP contribution in [0.4, 0.5) is 25.0 Å². The second kappa shape index (κ2) is 9.05. The van der Waals surface area contributed by atoms with Crippen LogP contribution in [0.5, 0.6) is 5.75 Å². The van der Waals surface area contributed by atoms with Gasteiger partial charge in [0.15, 0.2) is 16.5 Å². The Bertz CT molecular complexity index is 1320. The number of urea groups is 1. The Labute approximate surface area is 209 Å². The highest BCUT2D eigenvalue weighted by molar-refractivity contribution is 8.01. The largest absolute Gasteiger partial charge is 0.497 e. The molecule has 3 aromatic carbocycles. The number of carbonyl (C=O) groups is 2. The third-order valence-electron chi connectivity index (χ3n) is 6.07. The lowest BCUT2D eigenvalue weighted by Gasteiger charge is -2.33. The summed E-state index contributed by atoms with van der Waals surface area (Å²) in [7, 11) is 1.52. The lowest BCUT2D eigenvalue weighted by molar-refractivity contribution is -0.123. The zero-order chi connectivity index (χ0) is 24.7. The van der Waals surface area contributed by atoms with E-state index in [4.69, 9.17) is 16.3 Å². The summed E-state index contributed by atoms with van der Waals surface area (Å²) in [6, 6.07) is 15.0. The van der Waals surface area contributed by atoms with E-state index in [1.807, 2.05) is 0 Å². The van der Waals surface area contributed by atoms with Crippen molar-refractivity contribution in [2.24, 2.45) is 0 Å². The molecule has 1 atom stereocenters. The predicted octanol–water partition coefficient (Wildman–Crippen LogP) is 5.61. The third-order valence-corrected chi connectivity index (χ3v) is 7.74. The van der Waals surface area contributed by atoms with Gasteiger partial charge in [0.05, 0.1) is 19.3 Å². The number of benzene rings is 3. The molecule has 1 fully saturated rings. The van der Waals surface area contributed by atoms with Gasteiger partial charge in [-0.3, -0.25) is 9.69 Å². The summed E-state index contributed by atoms with van der Waals surface area (Å²) >= 11 is 7.30. The Kier molecular flexibility index (Phi) is 6.06. The van der Waals surface area contributed by atoms with Gasteiger partial charge < -0.3 is 15.0 Å². The van der Waals surface area contributed by atoms with Gasteiger partial charge in [0, 0.05) is 28.6 Å². The Hall–Kier alpha value is -3.30. The van der Waals surface area contributed by atoms with E-state index in [0.717, 1.165) is 12.1 Å². The van der Waals surface area contributed by atoms with E-state index in [1.54, 1.807) is 42.5 Å². The maximum absolute atomic E-state index is 14.0. The van der Waals surface area contributed by atoms with E-state index in [1.165, 1.54) is 34.7 Å². The van der Waals surface area contributed by atoms with Crippen LogP contribution >= 0.6 is 23.4 Å². The predicted molar refractivity (Wildman–Crippen MR) is 132 cm³/mol. The summed E-state index contributed by atoms with van der Waals surface area (Å²) in [6.07, 6.45) is 0. The number of hydrogen-bond acceptors (Lipinski definition) is 4. The Morgan fingerprint density at radius 2 is 1.89 bits per heavy atom. The standard InChI is InChI=1S/C25H20ClF2N3O3S/c1-34-18-7-9-22-19(13-18)25(23(32)30(22)14-15-2-8-20(27)21(28)12-15)31(10-11-35-25)24(33)29-17-5-3-16(26)4-6-17/h2-9,12-13H,10-11,14H2,1H3,(H,29,33)/t25-/m0/s1. The number of ether oxygens (including phenoxy) is 1. The normalized spacial score (nSPS) is 18.8. The van der Waals surface area contributed by atoms with E-state index in [-0.39, 0.29) is 12.5 Å². The summed E-state index contributed by atoms with van der Waals surface area (Å²) in [6.45, 7) is 0.357. The van der Waals surface area contributed by atoms with Crippen molar-refractivity contribution in [2.75, 3.05) is 29.6 Å². The van der Waals surface area contributed by atoms with Crippen molar-refractivity contribution in [1.29, 1.82) is 0 Å². The molecule has 1 saturated heterocycles. The number of hydrogen-bond donors (Lipinski definition) is 1. The Balaban J connectivity index is 1.54. The van der Waals surface area contributed by atoms with Gasteiger partial charge in [-0.2, -0.15) is 0 Å². The first-order valence-electron chi connectivity index (χ1n) is 10.8. The van der Waals surface area contributed by atoms with Gasteiger partial charge in [0.1, 0.15) is 5.75 Å². The van der Waals surface area contributed by atoms with E-state index in [9.17, 15) is 18.4 Å². The van der Waals surface area contributed by atoms with Crippen molar-refractivity contribution in [3.63, 3.8) is 0 Å². The molecular weight excluding hydrogens is 496 g/mol. The van der Waals surface area contributed by atoms with Crippen LogP contribution in [-0.2, 0) is 16.2 Å². The molecule has 0 aliphatic carbocycles. The molecule has 180 valence electrons. The van der Waals surface area contributed by atoms with Crippen LogP contribution in [0.2, 0.25) is 5.02 Å². The summed E-state index contributed by atoms with van der Waals surface area (Å²) in [4.78, 5) is 29.1. The molecule has 0 radical (unpaired) electrons. The molecule has 2 heterocycles. The smallest absolute Gasteiger partial charge is 0.323 e. The van der Waals surface area contributed by atoms with Crippen molar-refractivity contribution in [3.8, 4) is 5.75 Å². The van der Waals surface area contributed by atoms with Crippen LogP contribution in [0, 0.1) is 11.6 Å². The first-order chi connectivity index (χ1) is 16.8. The Morgan fingerprint density at radius 3 is 2.60 bits per heavy atom. The third kappa shape index (κ3) is 3.98. The number of carbonyl (C=O) groups excluding carboxylic acids is 2. The first kappa shape index (κ1) is 23.4. The molecule has 2 aliphatic heterocycles. The first-order valence-corrected chi connectivity index (χ1v) is 12.1. The van der Waals surface area contributed by atoms with E-state index in [0.29, 0.717) is 45.6 Å². The quantitative estimate of drug-likeness (QED) is 0.491. The highest BCUT2D eigenvalue weighted by Gasteiger charge is 2.59. The molecule has 2 aliphatic rings. The molecule has 3 amide bonds. The number of thioether (sulfide) groups is 1. The molecule has 0 bridgehead atoms. The van der Waals surface area contributed by atoms with Gasteiger partial charge in [0.25, 0.3) is 5.91 Å². The molecule has 3 aromatic rings. The fraction of sp³-hybridized carbons (Fsp3) is 0.200. The van der Waals surface area contributed by atoms with Crippen LogP contribution in [0.3, 0.4) is 0 Å². The number of halogens is 3. The molecule has 10 heteroatoms. The van der Waals surface area contributed by atoms with Gasteiger partial charge in [-0.25, -0.2) is 13.6 Å². The minimum atomic E-state index is -1.32. The van der Waals surface area contributed by atoms with Crippen molar-refractivity contribution < 1.29 is 23.1 Å². The zero-order valence-corrected chi connectivity index (χ0v) is 20.1. The topological polar surface area (TPSA) is 61.9 Å². The minimum Gasteiger partial charge on any atom is -0.497 e. The number of methoxy groups -OCH3 is 1. The second-order valence-corrected chi connectivity index (χ2v) is 9.83. The number of nitrogens with one attached hydrogen (secondary N) is 1. The van der Waals surface area contributed by atoms with E-state index in [2.05, 4.69) is 5.32 Å². The van der Waals surface area contributed by atoms with Crippen molar-refractivity contribution in [2.45, 2.75) is 11.4 Å². The number of rotatable bonds is 4. The van der Waals surface area contributed by atoms with Crippen LogP contribution in [0.25, 0.3) is 0 Å². The fourth-order valence-electron chi connectivity index (χ4n) is 4.42. The monoisotopic (exact) mass is 515 g/mol. The SMILES string of the molecule is COc1ccc2c(c1)[C@]1(SCCN1C(=O)Nc1ccc(Cl)cc1)C(=O)N2Cc1ccc(F)c(F)c1. The average Bonchev–Trinajstić information content (AvgIpc) is 3.40. The maximum Gasteiger partial charge on any atom is 0.323 e. The molecule has 6 nitrogen and oxygen atoms in total. The Morgan fingerprint density at radius 1 is 1.11 bits per heavy atom. The molecule has 35 heavy (non-hydrogen) atoms. The lowest BCUT2D eigenvalue weighted by Crippen LogP contribution is -2.51. The van der Waals surface area contributed by atoms with Crippen molar-refractivity contribution >= 4 is 46.7 Å². The lowest BCUT2D eigenvalue weighted by atomic mass is 10.1. The highest BCUT2D eigenvalue weighted by Crippen LogP contribution is 2.55. The number of nitrogens with zero attached hydrogens (tertiary/aromatic N) is 2. The summed E-state index contributed by atoms with van der Waals surface area (Å²) in [5.41, 5.74) is 2.16. The van der Waals surface area contributed by atoms with Crippen LogP contribution in [-0.4, -0.2) is 36.2 Å². The molecule has 0 unspecified atom stereocenters. The fourth-order valence-corrected chi connectivity index (χ4v) is 6.00. The van der Waals surface area contributed by atoms with Gasteiger partial charge in [-0.1, -0.05) is 17.7 Å². The van der Waals surface area contributed by atoms with Crippen LogP contribution in [0.1, 0.15) is 11.1 Å². The molecule has 1 spiro atoms. The number of fused-ring (bicyclic) bond motifs is 2. The number of amides is 3. The molecule has 0 saturated carbocycles. The van der Waals surface area contributed by atoms with E-state index >= 15 is 0 Å². The zero-order valence-electron chi connectivity index (χ0n) is 18.6. The van der Waals surface area contributed by atoms with Gasteiger partial charge in [0.2, 0.25) is 0 Å². The number of anilines is 2. The summed E-state index contributed by atoms with van der Waals surface area (Å²) in [5, 5.41) is 3.38. The van der Waals surface area contributed by atoms with Crippen molar-refractivity contribution in [3.05, 3.63) is 88.4 Å².